The number of benzene rings is 1. The molecule has 0 amide bonds. The Hall–Kier alpha value is -1.98. The lowest BCUT2D eigenvalue weighted by atomic mass is 10.2. The van der Waals surface area contributed by atoms with Gasteiger partial charge in [0, 0.05) is 6.08 Å². The van der Waals surface area contributed by atoms with Gasteiger partial charge in [-0.15, -0.1) is 0 Å². The second-order valence-electron chi connectivity index (χ2n) is 3.33. The van der Waals surface area contributed by atoms with E-state index in [1.54, 1.807) is 0 Å². The summed E-state index contributed by atoms with van der Waals surface area (Å²) in [7, 11) is 0. The molecule has 0 saturated carbocycles. The second kappa shape index (κ2) is 4.12. The molecule has 3 nitrogen and oxygen atoms in total. The molecule has 1 aromatic carbocycles. The van der Waals surface area contributed by atoms with E-state index in [0.717, 1.165) is 24.3 Å². The third-order valence-corrected chi connectivity index (χ3v) is 2.11. The average Bonchev–Trinajstić information content (AvgIpc) is 2.64. The van der Waals surface area contributed by atoms with Crippen LogP contribution in [-0.2, 0) is 15.7 Å². The molecule has 1 heterocycles. The molecular formula is C11H7F3O3. The molecule has 0 spiro atoms. The van der Waals surface area contributed by atoms with Crippen molar-refractivity contribution in [2.24, 2.45) is 0 Å². The number of carbonyl (C=O) groups is 1. The van der Waals surface area contributed by atoms with Gasteiger partial charge in [0.05, 0.1) is 11.8 Å². The van der Waals surface area contributed by atoms with Crippen molar-refractivity contribution in [2.75, 3.05) is 0 Å². The van der Waals surface area contributed by atoms with Gasteiger partial charge in [-0.3, -0.25) is 0 Å². The molecule has 0 saturated heterocycles. The van der Waals surface area contributed by atoms with Gasteiger partial charge in [-0.05, 0) is 24.3 Å². The summed E-state index contributed by atoms with van der Waals surface area (Å²) in [6.45, 7) is 0. The highest BCUT2D eigenvalue weighted by Crippen LogP contribution is 2.30. The Balaban J connectivity index is 2.08. The van der Waals surface area contributed by atoms with E-state index in [2.05, 4.69) is 4.74 Å². The van der Waals surface area contributed by atoms with Crippen molar-refractivity contribution >= 4 is 5.97 Å². The maximum absolute atomic E-state index is 12.3. The molecule has 0 radical (unpaired) electrons. The number of ether oxygens (including phenoxy) is 2. The molecule has 1 aromatic rings. The van der Waals surface area contributed by atoms with Gasteiger partial charge in [0.2, 0.25) is 6.10 Å². The van der Waals surface area contributed by atoms with Crippen LogP contribution in [0.4, 0.5) is 13.2 Å². The van der Waals surface area contributed by atoms with Crippen molar-refractivity contribution < 1.29 is 27.4 Å². The first-order valence-electron chi connectivity index (χ1n) is 4.68. The van der Waals surface area contributed by atoms with Crippen molar-refractivity contribution in [2.45, 2.75) is 12.3 Å². The summed E-state index contributed by atoms with van der Waals surface area (Å²) < 4.78 is 46.4. The summed E-state index contributed by atoms with van der Waals surface area (Å²) in [5.74, 6) is -0.420. The van der Waals surface area contributed by atoms with E-state index in [9.17, 15) is 18.0 Å². The summed E-state index contributed by atoms with van der Waals surface area (Å²) in [6.07, 6.45) is -2.73. The van der Waals surface area contributed by atoms with Crippen molar-refractivity contribution in [3.8, 4) is 5.75 Å². The first-order chi connectivity index (χ1) is 7.97. The van der Waals surface area contributed by atoms with Crippen LogP contribution in [0, 0.1) is 0 Å². The molecule has 0 aliphatic carbocycles. The monoisotopic (exact) mass is 244 g/mol. The fourth-order valence-electron chi connectivity index (χ4n) is 1.28. The molecule has 6 heteroatoms. The molecule has 0 N–H and O–H groups in total. The van der Waals surface area contributed by atoms with Crippen molar-refractivity contribution in [1.82, 2.24) is 0 Å². The number of hydrogen-bond donors (Lipinski definition) is 0. The van der Waals surface area contributed by atoms with Crippen LogP contribution in [-0.4, -0.2) is 12.1 Å². The van der Waals surface area contributed by atoms with Gasteiger partial charge in [0.1, 0.15) is 5.75 Å². The Bertz CT molecular complexity index is 448. The van der Waals surface area contributed by atoms with Crippen LogP contribution in [0.3, 0.4) is 0 Å². The third kappa shape index (κ3) is 2.58. The SMILES string of the molecule is O=C1OC=CC1Oc1ccc(C(F)(F)F)cc1. The van der Waals surface area contributed by atoms with Crippen LogP contribution in [0.5, 0.6) is 5.75 Å². The Morgan fingerprint density at radius 2 is 1.82 bits per heavy atom. The summed E-state index contributed by atoms with van der Waals surface area (Å²) >= 11 is 0. The van der Waals surface area contributed by atoms with E-state index in [1.807, 2.05) is 0 Å². The van der Waals surface area contributed by atoms with Crippen LogP contribution < -0.4 is 4.74 Å². The van der Waals surface area contributed by atoms with Crippen LogP contribution in [0.1, 0.15) is 5.56 Å². The van der Waals surface area contributed by atoms with Gasteiger partial charge >= 0.3 is 12.1 Å². The largest absolute Gasteiger partial charge is 0.474 e. The molecule has 0 bridgehead atoms. The van der Waals surface area contributed by atoms with Gasteiger partial charge in [0.25, 0.3) is 0 Å². The van der Waals surface area contributed by atoms with E-state index >= 15 is 0 Å². The van der Waals surface area contributed by atoms with Crippen LogP contribution in [0.2, 0.25) is 0 Å². The lowest BCUT2D eigenvalue weighted by Crippen LogP contribution is -2.21. The van der Waals surface area contributed by atoms with Crippen LogP contribution in [0.15, 0.2) is 36.6 Å². The number of carbonyl (C=O) groups excluding carboxylic acids is 1. The highest BCUT2D eigenvalue weighted by Gasteiger charge is 2.30. The highest BCUT2D eigenvalue weighted by molar-refractivity contribution is 5.80. The van der Waals surface area contributed by atoms with E-state index < -0.39 is 23.8 Å². The summed E-state index contributed by atoms with van der Waals surface area (Å²) in [4.78, 5) is 11.0. The lowest BCUT2D eigenvalue weighted by Gasteiger charge is -2.11. The van der Waals surface area contributed by atoms with Gasteiger partial charge in [0.15, 0.2) is 0 Å². The number of hydrogen-bond acceptors (Lipinski definition) is 3. The maximum atomic E-state index is 12.3. The zero-order valence-corrected chi connectivity index (χ0v) is 8.40. The van der Waals surface area contributed by atoms with Crippen molar-refractivity contribution in [1.29, 1.82) is 0 Å². The topological polar surface area (TPSA) is 35.5 Å². The Labute approximate surface area is 94.4 Å². The van der Waals surface area contributed by atoms with Gasteiger partial charge in [-0.25, -0.2) is 4.79 Å². The summed E-state index contributed by atoms with van der Waals surface area (Å²) in [6, 6.07) is 4.09. The normalized spacial score (nSPS) is 19.2. The molecule has 0 fully saturated rings. The van der Waals surface area contributed by atoms with E-state index in [-0.39, 0.29) is 5.75 Å². The molecule has 17 heavy (non-hydrogen) atoms. The smallest absolute Gasteiger partial charge is 0.416 e. The number of alkyl halides is 3. The third-order valence-electron chi connectivity index (χ3n) is 2.11. The Kier molecular flexibility index (Phi) is 2.79. The molecule has 2 rings (SSSR count). The Morgan fingerprint density at radius 1 is 1.18 bits per heavy atom. The summed E-state index contributed by atoms with van der Waals surface area (Å²) in [5, 5.41) is 0. The predicted molar refractivity (Wildman–Crippen MR) is 51.1 cm³/mol. The van der Waals surface area contributed by atoms with Crippen molar-refractivity contribution in [3.63, 3.8) is 0 Å². The fourth-order valence-corrected chi connectivity index (χ4v) is 1.28. The van der Waals surface area contributed by atoms with Crippen LogP contribution >= 0.6 is 0 Å². The van der Waals surface area contributed by atoms with E-state index in [4.69, 9.17) is 4.74 Å². The van der Waals surface area contributed by atoms with Gasteiger partial charge in [-0.2, -0.15) is 13.2 Å². The van der Waals surface area contributed by atoms with Crippen molar-refractivity contribution in [3.05, 3.63) is 42.2 Å². The summed E-state index contributed by atoms with van der Waals surface area (Å²) in [5.41, 5.74) is -0.769. The minimum Gasteiger partial charge on any atom is -0.474 e. The van der Waals surface area contributed by atoms with E-state index in [0.29, 0.717) is 0 Å². The molecule has 1 aliphatic rings. The number of rotatable bonds is 2. The second-order valence-corrected chi connectivity index (χ2v) is 3.33. The predicted octanol–water partition coefficient (Wildman–Crippen LogP) is 2.52. The quantitative estimate of drug-likeness (QED) is 0.750. The van der Waals surface area contributed by atoms with Gasteiger partial charge < -0.3 is 9.47 Å². The highest BCUT2D eigenvalue weighted by atomic mass is 19.4. The lowest BCUT2D eigenvalue weighted by molar-refractivity contribution is -0.141. The minimum atomic E-state index is -4.38. The standard InChI is InChI=1S/C11H7F3O3/c12-11(13,14)7-1-3-8(4-2-7)17-9-5-6-16-10(9)15/h1-6,9H. The maximum Gasteiger partial charge on any atom is 0.416 e. The zero-order chi connectivity index (χ0) is 12.5. The molecule has 90 valence electrons. The number of cyclic esters (lactones) is 1. The molecule has 0 aromatic heterocycles. The molecule has 1 unspecified atom stereocenters. The number of halogens is 3. The fraction of sp³-hybridized carbons (Fsp3) is 0.182. The number of esters is 1. The Morgan fingerprint density at radius 3 is 2.29 bits per heavy atom. The first kappa shape index (κ1) is 11.5. The molecular weight excluding hydrogens is 237 g/mol. The van der Waals surface area contributed by atoms with Crippen LogP contribution in [0.25, 0.3) is 0 Å². The van der Waals surface area contributed by atoms with E-state index in [1.165, 1.54) is 12.3 Å². The minimum absolute atomic E-state index is 0.173. The molecule has 1 atom stereocenters. The van der Waals surface area contributed by atoms with Gasteiger partial charge in [-0.1, -0.05) is 0 Å². The molecule has 1 aliphatic heterocycles. The average molecular weight is 244 g/mol. The first-order valence-corrected chi connectivity index (χ1v) is 4.68. The zero-order valence-electron chi connectivity index (χ0n) is 8.40.